The van der Waals surface area contributed by atoms with Crippen LogP contribution in [0.5, 0.6) is 5.75 Å². The summed E-state index contributed by atoms with van der Waals surface area (Å²) in [5, 5.41) is 0. The van der Waals surface area contributed by atoms with Crippen molar-refractivity contribution in [3.8, 4) is 5.75 Å². The highest BCUT2D eigenvalue weighted by molar-refractivity contribution is 5.68. The largest absolute Gasteiger partial charge is 0.495 e. The summed E-state index contributed by atoms with van der Waals surface area (Å²) in [6.45, 7) is 8.02. The van der Waals surface area contributed by atoms with Gasteiger partial charge in [-0.25, -0.2) is 0 Å². The van der Waals surface area contributed by atoms with E-state index in [9.17, 15) is 0 Å². The average molecular weight is 278 g/mol. The Hall–Kier alpha value is -1.42. The smallest absolute Gasteiger partial charge is 0.143 e. The minimum Gasteiger partial charge on any atom is -0.495 e. The SMILES string of the molecule is CCN(CC)c1cc(OC)c(N)cc1C1CCOCC1. The Kier molecular flexibility index (Phi) is 5.12. The molecule has 4 heteroatoms. The monoisotopic (exact) mass is 278 g/mol. The third-order valence-electron chi connectivity index (χ3n) is 4.14. The maximum atomic E-state index is 6.12. The first-order valence-electron chi connectivity index (χ1n) is 7.51. The minimum absolute atomic E-state index is 0.535. The van der Waals surface area contributed by atoms with Crippen LogP contribution < -0.4 is 15.4 Å². The summed E-state index contributed by atoms with van der Waals surface area (Å²) < 4.78 is 10.9. The predicted octanol–water partition coefficient (Wildman–Crippen LogP) is 3.02. The van der Waals surface area contributed by atoms with Gasteiger partial charge in [0.05, 0.1) is 12.8 Å². The second-order valence-electron chi connectivity index (χ2n) is 5.21. The van der Waals surface area contributed by atoms with Crippen molar-refractivity contribution in [1.29, 1.82) is 0 Å². The summed E-state index contributed by atoms with van der Waals surface area (Å²) in [5.74, 6) is 1.30. The zero-order valence-corrected chi connectivity index (χ0v) is 12.8. The molecule has 0 amide bonds. The van der Waals surface area contributed by atoms with Gasteiger partial charge in [-0.15, -0.1) is 0 Å². The van der Waals surface area contributed by atoms with Crippen LogP contribution in [0, 0.1) is 0 Å². The Bertz CT molecular complexity index is 438. The van der Waals surface area contributed by atoms with Crippen molar-refractivity contribution in [2.24, 2.45) is 0 Å². The molecule has 112 valence electrons. The minimum atomic E-state index is 0.535. The van der Waals surface area contributed by atoms with Crippen molar-refractivity contribution >= 4 is 11.4 Å². The van der Waals surface area contributed by atoms with Gasteiger partial charge in [-0.05, 0) is 44.2 Å². The number of benzene rings is 1. The van der Waals surface area contributed by atoms with Crippen molar-refractivity contribution in [3.63, 3.8) is 0 Å². The lowest BCUT2D eigenvalue weighted by Gasteiger charge is -2.30. The third-order valence-corrected chi connectivity index (χ3v) is 4.14. The molecule has 0 atom stereocenters. The Labute approximate surface area is 121 Å². The van der Waals surface area contributed by atoms with E-state index in [1.54, 1.807) is 7.11 Å². The molecule has 1 fully saturated rings. The predicted molar refractivity (Wildman–Crippen MR) is 83.8 cm³/mol. The summed E-state index contributed by atoms with van der Waals surface area (Å²) in [6, 6.07) is 4.19. The van der Waals surface area contributed by atoms with Crippen LogP contribution in [0.1, 0.15) is 38.2 Å². The van der Waals surface area contributed by atoms with Gasteiger partial charge in [0.2, 0.25) is 0 Å². The summed E-state index contributed by atoms with van der Waals surface area (Å²) in [6.07, 6.45) is 2.14. The van der Waals surface area contributed by atoms with Crippen LogP contribution in [-0.4, -0.2) is 33.4 Å². The molecule has 0 unspecified atom stereocenters. The number of rotatable bonds is 5. The van der Waals surface area contributed by atoms with Crippen LogP contribution in [0.2, 0.25) is 0 Å². The van der Waals surface area contributed by atoms with Gasteiger partial charge in [0.15, 0.2) is 0 Å². The normalized spacial score (nSPS) is 16.1. The summed E-state index contributed by atoms with van der Waals surface area (Å²) in [4.78, 5) is 2.37. The summed E-state index contributed by atoms with van der Waals surface area (Å²) >= 11 is 0. The molecule has 20 heavy (non-hydrogen) atoms. The Morgan fingerprint density at radius 2 is 1.90 bits per heavy atom. The molecule has 1 saturated heterocycles. The van der Waals surface area contributed by atoms with Gasteiger partial charge in [0.25, 0.3) is 0 Å². The van der Waals surface area contributed by atoms with E-state index in [4.69, 9.17) is 15.2 Å². The van der Waals surface area contributed by atoms with Crippen molar-refractivity contribution in [2.45, 2.75) is 32.6 Å². The first-order valence-corrected chi connectivity index (χ1v) is 7.51. The van der Waals surface area contributed by atoms with Crippen molar-refractivity contribution < 1.29 is 9.47 Å². The van der Waals surface area contributed by atoms with E-state index in [1.165, 1.54) is 11.3 Å². The highest BCUT2D eigenvalue weighted by atomic mass is 16.5. The van der Waals surface area contributed by atoms with Crippen LogP contribution in [0.15, 0.2) is 12.1 Å². The first kappa shape index (κ1) is 15.0. The van der Waals surface area contributed by atoms with E-state index in [2.05, 4.69) is 30.9 Å². The van der Waals surface area contributed by atoms with Crippen LogP contribution in [0.3, 0.4) is 0 Å². The van der Waals surface area contributed by atoms with Crippen LogP contribution in [0.25, 0.3) is 0 Å². The van der Waals surface area contributed by atoms with E-state index in [1.807, 2.05) is 0 Å². The molecule has 2 N–H and O–H groups in total. The van der Waals surface area contributed by atoms with Gasteiger partial charge >= 0.3 is 0 Å². The molecule has 0 radical (unpaired) electrons. The molecule has 1 heterocycles. The number of ether oxygens (including phenoxy) is 2. The Morgan fingerprint density at radius 1 is 1.25 bits per heavy atom. The summed E-state index contributed by atoms with van der Waals surface area (Å²) in [5.41, 5.74) is 9.44. The fourth-order valence-corrected chi connectivity index (χ4v) is 2.95. The van der Waals surface area contributed by atoms with Gasteiger partial charge in [-0.1, -0.05) is 0 Å². The summed E-state index contributed by atoms with van der Waals surface area (Å²) in [7, 11) is 1.67. The molecule has 0 spiro atoms. The third kappa shape index (κ3) is 3.01. The molecule has 0 saturated carbocycles. The fraction of sp³-hybridized carbons (Fsp3) is 0.625. The van der Waals surface area contributed by atoms with Crippen LogP contribution in [0.4, 0.5) is 11.4 Å². The maximum Gasteiger partial charge on any atom is 0.143 e. The number of methoxy groups -OCH3 is 1. The molecule has 1 aliphatic rings. The van der Waals surface area contributed by atoms with E-state index >= 15 is 0 Å². The van der Waals surface area contributed by atoms with E-state index in [-0.39, 0.29) is 0 Å². The topological polar surface area (TPSA) is 47.7 Å². The van der Waals surface area contributed by atoms with E-state index in [0.29, 0.717) is 5.92 Å². The van der Waals surface area contributed by atoms with Gasteiger partial charge in [0, 0.05) is 38.1 Å². The number of hydrogen-bond donors (Lipinski definition) is 1. The second-order valence-corrected chi connectivity index (χ2v) is 5.21. The molecule has 2 rings (SSSR count). The van der Waals surface area contributed by atoms with Gasteiger partial charge < -0.3 is 20.1 Å². The van der Waals surface area contributed by atoms with Crippen molar-refractivity contribution in [2.75, 3.05) is 44.0 Å². The lowest BCUT2D eigenvalue weighted by Crippen LogP contribution is -2.25. The molecule has 0 aromatic heterocycles. The first-order chi connectivity index (χ1) is 9.71. The molecule has 0 aliphatic carbocycles. The lowest BCUT2D eigenvalue weighted by molar-refractivity contribution is 0.0854. The quantitative estimate of drug-likeness (QED) is 0.841. The highest BCUT2D eigenvalue weighted by Gasteiger charge is 2.22. The number of hydrogen-bond acceptors (Lipinski definition) is 4. The molecule has 1 aromatic rings. The second kappa shape index (κ2) is 6.84. The van der Waals surface area contributed by atoms with Crippen molar-refractivity contribution in [1.82, 2.24) is 0 Å². The maximum absolute atomic E-state index is 6.12. The number of nitrogens with two attached hydrogens (primary N) is 1. The van der Waals surface area contributed by atoms with Crippen LogP contribution >= 0.6 is 0 Å². The lowest BCUT2D eigenvalue weighted by atomic mass is 9.89. The zero-order valence-electron chi connectivity index (χ0n) is 12.8. The number of nitrogens with zero attached hydrogens (tertiary/aromatic N) is 1. The molecular formula is C16H26N2O2. The average Bonchev–Trinajstić information content (AvgIpc) is 2.50. The van der Waals surface area contributed by atoms with E-state index in [0.717, 1.165) is 50.6 Å². The molecule has 1 aromatic carbocycles. The van der Waals surface area contributed by atoms with Gasteiger partial charge in [0.1, 0.15) is 5.75 Å². The standard InChI is InChI=1S/C16H26N2O2/c1-4-18(5-2)15-11-16(19-3)14(17)10-13(15)12-6-8-20-9-7-12/h10-12H,4-9,17H2,1-3H3. The Morgan fingerprint density at radius 3 is 2.45 bits per heavy atom. The molecular weight excluding hydrogens is 252 g/mol. The van der Waals surface area contributed by atoms with Gasteiger partial charge in [-0.3, -0.25) is 0 Å². The number of nitrogen functional groups attached to an aromatic ring is 1. The molecule has 1 aliphatic heterocycles. The fourth-order valence-electron chi connectivity index (χ4n) is 2.95. The molecule has 4 nitrogen and oxygen atoms in total. The van der Waals surface area contributed by atoms with Crippen LogP contribution in [-0.2, 0) is 4.74 Å². The van der Waals surface area contributed by atoms with E-state index < -0.39 is 0 Å². The Balaban J connectivity index is 2.43. The zero-order chi connectivity index (χ0) is 14.5. The highest BCUT2D eigenvalue weighted by Crippen LogP contribution is 2.39. The molecule has 0 bridgehead atoms. The number of anilines is 2. The van der Waals surface area contributed by atoms with Crippen molar-refractivity contribution in [3.05, 3.63) is 17.7 Å². The van der Waals surface area contributed by atoms with Gasteiger partial charge in [-0.2, -0.15) is 0 Å².